The zero-order chi connectivity index (χ0) is 52.6. The molecular weight excluding hydrogens is 961 g/mol. The third kappa shape index (κ3) is 8.31. The third-order valence-electron chi connectivity index (χ3n) is 13.4. The van der Waals surface area contributed by atoms with Crippen LogP contribution in [0.2, 0.25) is 0 Å². The second kappa shape index (κ2) is 20.2. The van der Waals surface area contributed by atoms with E-state index >= 15 is 0 Å². The number of fused-ring (bicyclic) bond motifs is 11. The Morgan fingerprint density at radius 2 is 0.763 bits per heavy atom. The number of H-pyrrole nitrogens is 2. The summed E-state index contributed by atoms with van der Waals surface area (Å²) in [5.74, 6) is 11.3. The topological polar surface area (TPSA) is 166 Å². The Labute approximate surface area is 437 Å². The first kappa shape index (κ1) is 48.3. The van der Waals surface area contributed by atoms with E-state index in [0.29, 0.717) is 85.6 Å². The van der Waals surface area contributed by atoms with Gasteiger partial charge < -0.3 is 52.6 Å². The molecule has 0 radical (unpaired) electrons. The smallest absolute Gasteiger partial charge is 0.203 e. The van der Waals surface area contributed by atoms with Crippen LogP contribution in [0.4, 0.5) is 0 Å². The summed E-state index contributed by atoms with van der Waals surface area (Å²) in [4.78, 5) is 27.9. The van der Waals surface area contributed by atoms with Crippen LogP contribution in [-0.4, -0.2) is 93.9 Å². The van der Waals surface area contributed by atoms with Crippen molar-refractivity contribution in [3.63, 3.8) is 0 Å². The molecule has 0 saturated carbocycles. The maximum absolute atomic E-state index is 5.92. The Morgan fingerprint density at radius 1 is 0.382 bits per heavy atom. The number of hydrogen-bond donors (Lipinski definition) is 2. The van der Waals surface area contributed by atoms with Crippen LogP contribution in [0.25, 0.3) is 102 Å². The van der Waals surface area contributed by atoms with Crippen LogP contribution in [-0.2, 0) is 0 Å². The highest BCUT2D eigenvalue weighted by molar-refractivity contribution is 6.06. The van der Waals surface area contributed by atoms with Crippen molar-refractivity contribution in [1.29, 1.82) is 0 Å². The predicted octanol–water partition coefficient (Wildman–Crippen LogP) is 12.2. The number of pyridine rings is 2. The molecule has 0 amide bonds. The molecule has 2 aliphatic heterocycles. The normalized spacial score (nSPS) is 11.5. The predicted molar refractivity (Wildman–Crippen MR) is 297 cm³/mol. The van der Waals surface area contributed by atoms with Gasteiger partial charge in [-0.2, -0.15) is 0 Å². The molecule has 4 aromatic carbocycles. The first-order valence-corrected chi connectivity index (χ1v) is 24.0. The van der Waals surface area contributed by atoms with E-state index in [1.165, 1.54) is 0 Å². The molecule has 7 heterocycles. The zero-order valence-electron chi connectivity index (χ0n) is 43.1. The lowest BCUT2D eigenvalue weighted by Crippen LogP contribution is -1.97. The maximum atomic E-state index is 5.92. The molecule has 5 aromatic heterocycles. The SMILES string of the molecule is COc1cc(-c2c3nc(c(-c4cc(OC)c(OC)c(OC)c4)c4ccc([nH]4)c(-c4cc(OC)c(OC)c(OC)c4)c4nc(c(C#Cc5cc6cccnc6c6ncccc56)c5ccc2[nH]5)C=C4)C=C3)cc(OC)c1OC. The molecule has 15 nitrogen and oxygen atoms in total. The lowest BCUT2D eigenvalue weighted by molar-refractivity contribution is 0.324. The van der Waals surface area contributed by atoms with Crippen molar-refractivity contribution in [2.45, 2.75) is 0 Å². The van der Waals surface area contributed by atoms with E-state index in [-0.39, 0.29) is 0 Å². The highest BCUT2D eigenvalue weighted by Crippen LogP contribution is 2.47. The number of aromatic nitrogens is 6. The summed E-state index contributed by atoms with van der Waals surface area (Å²) < 4.78 is 52.9. The summed E-state index contributed by atoms with van der Waals surface area (Å²) in [6.45, 7) is 0. The summed E-state index contributed by atoms with van der Waals surface area (Å²) in [7, 11) is 14.3. The van der Waals surface area contributed by atoms with Crippen LogP contribution in [0.3, 0.4) is 0 Å². The number of rotatable bonds is 12. The van der Waals surface area contributed by atoms with Crippen LogP contribution < -0.4 is 42.6 Å². The summed E-state index contributed by atoms with van der Waals surface area (Å²) in [6, 6.07) is 29.4. The molecule has 8 bridgehead atoms. The van der Waals surface area contributed by atoms with E-state index in [1.54, 1.807) is 76.4 Å². The summed E-state index contributed by atoms with van der Waals surface area (Å²) in [5, 5.41) is 1.79. The molecule has 0 fully saturated rings. The molecule has 0 spiro atoms. The molecule has 2 aliphatic rings. The lowest BCUT2D eigenvalue weighted by Gasteiger charge is -2.15. The molecular formula is C61H50N6O9. The van der Waals surface area contributed by atoms with Crippen molar-refractivity contribution < 1.29 is 42.6 Å². The van der Waals surface area contributed by atoms with Crippen molar-refractivity contribution in [3.8, 4) is 97.0 Å². The van der Waals surface area contributed by atoms with Crippen molar-refractivity contribution in [2.24, 2.45) is 0 Å². The fourth-order valence-electron chi connectivity index (χ4n) is 9.93. The fourth-order valence-corrected chi connectivity index (χ4v) is 9.93. The molecule has 0 atom stereocenters. The van der Waals surface area contributed by atoms with Gasteiger partial charge in [0.05, 0.1) is 109 Å². The van der Waals surface area contributed by atoms with E-state index in [1.807, 2.05) is 109 Å². The minimum absolute atomic E-state index is 0.448. The molecule has 378 valence electrons. The molecule has 0 unspecified atom stereocenters. The van der Waals surface area contributed by atoms with E-state index in [9.17, 15) is 0 Å². The van der Waals surface area contributed by atoms with Gasteiger partial charge >= 0.3 is 0 Å². The fraction of sp³-hybridized carbons (Fsp3) is 0.148. The first-order valence-electron chi connectivity index (χ1n) is 24.0. The van der Waals surface area contributed by atoms with Crippen molar-refractivity contribution in [2.75, 3.05) is 64.0 Å². The molecule has 11 rings (SSSR count). The van der Waals surface area contributed by atoms with Crippen molar-refractivity contribution in [1.82, 2.24) is 29.9 Å². The number of ether oxygens (including phenoxy) is 9. The Bertz CT molecular complexity index is 3990. The van der Waals surface area contributed by atoms with E-state index in [2.05, 4.69) is 32.9 Å². The molecule has 0 aliphatic carbocycles. The van der Waals surface area contributed by atoms with Crippen LogP contribution in [0.15, 0.2) is 103 Å². The van der Waals surface area contributed by atoms with Gasteiger partial charge in [0, 0.05) is 62.0 Å². The van der Waals surface area contributed by atoms with Gasteiger partial charge in [-0.25, -0.2) is 9.97 Å². The van der Waals surface area contributed by atoms with Crippen LogP contribution >= 0.6 is 0 Å². The first-order chi connectivity index (χ1) is 37.2. The molecule has 0 saturated heterocycles. The average Bonchev–Trinajstić information content (AvgIpc) is 4.33. The van der Waals surface area contributed by atoms with Gasteiger partial charge in [0.25, 0.3) is 0 Å². The Kier molecular flexibility index (Phi) is 12.8. The Balaban J connectivity index is 1.31. The number of nitrogens with one attached hydrogen (secondary N) is 2. The van der Waals surface area contributed by atoms with Gasteiger partial charge in [-0.1, -0.05) is 17.9 Å². The van der Waals surface area contributed by atoms with Crippen LogP contribution in [0, 0.1) is 11.8 Å². The van der Waals surface area contributed by atoms with Crippen LogP contribution in [0.1, 0.15) is 33.9 Å². The van der Waals surface area contributed by atoms with E-state index in [0.717, 1.165) is 77.3 Å². The summed E-state index contributed by atoms with van der Waals surface area (Å²) in [6.07, 6.45) is 11.5. The summed E-state index contributed by atoms with van der Waals surface area (Å²) in [5.41, 5.74) is 12.8. The quantitative estimate of drug-likeness (QED) is 0.0878. The minimum atomic E-state index is 0.448. The zero-order valence-corrected chi connectivity index (χ0v) is 43.1. The highest BCUT2D eigenvalue weighted by atomic mass is 16.5. The van der Waals surface area contributed by atoms with Gasteiger partial charge in [-0.05, 0) is 126 Å². The van der Waals surface area contributed by atoms with Gasteiger partial charge in [-0.3, -0.25) is 9.97 Å². The van der Waals surface area contributed by atoms with Gasteiger partial charge in [-0.15, -0.1) is 0 Å². The van der Waals surface area contributed by atoms with Crippen LogP contribution in [0.5, 0.6) is 51.7 Å². The molecule has 76 heavy (non-hydrogen) atoms. The van der Waals surface area contributed by atoms with Crippen molar-refractivity contribution in [3.05, 3.63) is 137 Å². The standard InChI is InChI=1S/C61H50N6O9/c1-68-48-27-35(28-49(69-2)59(48)74-7)54-42-18-16-40(64-42)39(15-14-33-26-34-12-10-24-62-57(34)58-38(33)13-11-25-63-58)41-17-19-43(65-41)55(36-29-50(70-3)60(75-8)51(30-36)71-4)45-21-23-47(67-45)56(46-22-20-44(54)66-46)37-31-52(72-5)61(76-9)53(32-37)73-6/h10-13,16-32,64,67H,1-9H3. The Morgan fingerprint density at radius 3 is 1.20 bits per heavy atom. The number of aromatic amines is 2. The number of hydrogen-bond acceptors (Lipinski definition) is 13. The lowest BCUT2D eigenvalue weighted by atomic mass is 10.0. The van der Waals surface area contributed by atoms with Gasteiger partial charge in [0.2, 0.25) is 17.2 Å². The molecule has 15 heteroatoms. The van der Waals surface area contributed by atoms with Gasteiger partial charge in [0.1, 0.15) is 0 Å². The average molecular weight is 1010 g/mol. The van der Waals surface area contributed by atoms with Crippen molar-refractivity contribution >= 4 is 68.2 Å². The van der Waals surface area contributed by atoms with Gasteiger partial charge in [0.15, 0.2) is 34.5 Å². The second-order valence-electron chi connectivity index (χ2n) is 17.4. The van der Waals surface area contributed by atoms with E-state index < -0.39 is 0 Å². The summed E-state index contributed by atoms with van der Waals surface area (Å²) >= 11 is 0. The third-order valence-corrected chi connectivity index (χ3v) is 13.4. The number of methoxy groups -OCH3 is 9. The molecule has 9 aromatic rings. The highest BCUT2D eigenvalue weighted by Gasteiger charge is 2.24. The maximum Gasteiger partial charge on any atom is 0.203 e. The largest absolute Gasteiger partial charge is 0.493 e. The number of benzene rings is 4. The van der Waals surface area contributed by atoms with E-state index in [4.69, 9.17) is 57.6 Å². The number of nitrogens with zero attached hydrogens (tertiary/aromatic N) is 4. The second-order valence-corrected chi connectivity index (χ2v) is 17.4. The Hall–Kier alpha value is -9.94. The molecule has 2 N–H and O–H groups in total. The monoisotopic (exact) mass is 1010 g/mol. The minimum Gasteiger partial charge on any atom is -0.493 e.